The van der Waals surface area contributed by atoms with Crippen LogP contribution in [0, 0.1) is 24.7 Å². The van der Waals surface area contributed by atoms with Crippen LogP contribution in [0.25, 0.3) is 0 Å². The summed E-state index contributed by atoms with van der Waals surface area (Å²) >= 11 is 0. The molecule has 2 bridgehead atoms. The Bertz CT molecular complexity index is 605. The lowest BCUT2D eigenvalue weighted by Crippen LogP contribution is -2.34. The molecule has 0 radical (unpaired) electrons. The van der Waals surface area contributed by atoms with Crippen LogP contribution in [0.1, 0.15) is 30.7 Å². The van der Waals surface area contributed by atoms with Gasteiger partial charge in [0, 0.05) is 11.8 Å². The van der Waals surface area contributed by atoms with Crippen molar-refractivity contribution in [2.24, 2.45) is 17.8 Å². The maximum absolute atomic E-state index is 12.1. The van der Waals surface area contributed by atoms with E-state index in [1.54, 1.807) is 6.92 Å². The fourth-order valence-corrected chi connectivity index (χ4v) is 3.08. The van der Waals surface area contributed by atoms with Crippen LogP contribution < -0.4 is 5.43 Å². The van der Waals surface area contributed by atoms with Gasteiger partial charge in [-0.1, -0.05) is 12.2 Å². The molecule has 3 aliphatic carbocycles. The van der Waals surface area contributed by atoms with Crippen molar-refractivity contribution in [1.82, 2.24) is 10.2 Å². The van der Waals surface area contributed by atoms with Gasteiger partial charge in [-0.3, -0.25) is 14.7 Å². The fourth-order valence-electron chi connectivity index (χ4n) is 3.08. The average molecular weight is 274 g/mol. The van der Waals surface area contributed by atoms with Gasteiger partial charge in [0.25, 0.3) is 0 Å². The number of aromatic nitrogens is 2. The molecule has 3 aliphatic rings. The maximum atomic E-state index is 12.1. The summed E-state index contributed by atoms with van der Waals surface area (Å²) in [4.78, 5) is 23.8. The zero-order valence-electron chi connectivity index (χ0n) is 11.5. The molecule has 0 spiro atoms. The van der Waals surface area contributed by atoms with Gasteiger partial charge >= 0.3 is 5.97 Å². The van der Waals surface area contributed by atoms with Crippen molar-refractivity contribution in [1.29, 1.82) is 0 Å². The second-order valence-electron chi connectivity index (χ2n) is 5.70. The van der Waals surface area contributed by atoms with E-state index < -0.39 is 0 Å². The highest BCUT2D eigenvalue weighted by molar-refractivity contribution is 5.73. The van der Waals surface area contributed by atoms with Crippen LogP contribution in [0.2, 0.25) is 0 Å². The topological polar surface area (TPSA) is 72.1 Å². The number of carbonyl (C=O) groups excluding carboxylic acids is 1. The number of aryl methyl sites for hydroxylation is 1. The smallest absolute Gasteiger partial charge is 0.309 e. The van der Waals surface area contributed by atoms with Crippen molar-refractivity contribution in [3.8, 4) is 0 Å². The van der Waals surface area contributed by atoms with Crippen molar-refractivity contribution in [3.63, 3.8) is 0 Å². The third kappa shape index (κ3) is 2.53. The highest BCUT2D eigenvalue weighted by atomic mass is 16.5. The second-order valence-corrected chi connectivity index (χ2v) is 5.70. The Kier molecular flexibility index (Phi) is 3.42. The molecule has 4 rings (SSSR count). The summed E-state index contributed by atoms with van der Waals surface area (Å²) in [5, 5.41) is 6.63. The van der Waals surface area contributed by atoms with Gasteiger partial charge in [0.1, 0.15) is 12.3 Å². The number of allylic oxidation sites excluding steroid dienone is 2. The monoisotopic (exact) mass is 274 g/mol. The van der Waals surface area contributed by atoms with Crippen molar-refractivity contribution < 1.29 is 9.53 Å². The number of nitrogens with one attached hydrogen (secondary N) is 1. The van der Waals surface area contributed by atoms with E-state index >= 15 is 0 Å². The highest BCUT2D eigenvalue weighted by Gasteiger charge is 2.37. The molecular formula is C15H18N2O3. The van der Waals surface area contributed by atoms with Gasteiger partial charge in [0.2, 0.25) is 5.43 Å². The first-order valence-corrected chi connectivity index (χ1v) is 7.03. The third-order valence-corrected chi connectivity index (χ3v) is 4.23. The van der Waals surface area contributed by atoms with Crippen LogP contribution in [0.4, 0.5) is 0 Å². The molecule has 1 saturated carbocycles. The van der Waals surface area contributed by atoms with Crippen LogP contribution in [0.5, 0.6) is 0 Å². The molecule has 0 aliphatic heterocycles. The molecule has 5 heteroatoms. The van der Waals surface area contributed by atoms with Gasteiger partial charge in [-0.25, -0.2) is 0 Å². The molecule has 0 amide bonds. The Morgan fingerprint density at radius 1 is 1.45 bits per heavy atom. The maximum Gasteiger partial charge on any atom is 0.309 e. The quantitative estimate of drug-likeness (QED) is 0.673. The number of fused-ring (bicyclic) bond motifs is 2. The molecule has 1 N–H and O–H groups in total. The number of esters is 1. The summed E-state index contributed by atoms with van der Waals surface area (Å²) in [5.74, 6) is 0.560. The number of carbonyl (C=O) groups is 1. The predicted octanol–water partition coefficient (Wildman–Crippen LogP) is 1.72. The molecular weight excluding hydrogens is 256 g/mol. The molecule has 106 valence electrons. The number of nitrogens with zero attached hydrogens (tertiary/aromatic N) is 1. The van der Waals surface area contributed by atoms with Crippen molar-refractivity contribution in [2.45, 2.75) is 32.8 Å². The lowest BCUT2D eigenvalue weighted by Gasteiger charge is -2.36. The predicted molar refractivity (Wildman–Crippen MR) is 72.9 cm³/mol. The summed E-state index contributed by atoms with van der Waals surface area (Å²) in [6, 6.07) is 1.46. The van der Waals surface area contributed by atoms with Gasteiger partial charge in [-0.05, 0) is 38.0 Å². The SMILES string of the molecule is Cc1cc(=O)c(COC(=O)[C@@H]2C[C@@H]3C=C[C@H]2CC3)n[nH]1. The average Bonchev–Trinajstić information content (AvgIpc) is 2.47. The van der Waals surface area contributed by atoms with E-state index in [0.717, 1.165) is 12.8 Å². The van der Waals surface area contributed by atoms with Crippen LogP contribution in [-0.2, 0) is 16.1 Å². The molecule has 0 aromatic carbocycles. The molecule has 1 fully saturated rings. The summed E-state index contributed by atoms with van der Waals surface area (Å²) in [6.45, 7) is 1.71. The molecule has 5 nitrogen and oxygen atoms in total. The fraction of sp³-hybridized carbons (Fsp3) is 0.533. The first-order valence-electron chi connectivity index (χ1n) is 7.03. The molecule has 0 saturated heterocycles. The Morgan fingerprint density at radius 3 is 2.90 bits per heavy atom. The number of hydrogen-bond donors (Lipinski definition) is 1. The lowest BCUT2D eigenvalue weighted by molar-refractivity contribution is -0.153. The van der Waals surface area contributed by atoms with E-state index in [4.69, 9.17) is 4.74 Å². The Hall–Kier alpha value is -1.91. The van der Waals surface area contributed by atoms with E-state index in [1.165, 1.54) is 12.5 Å². The van der Waals surface area contributed by atoms with Crippen LogP contribution in [0.3, 0.4) is 0 Å². The van der Waals surface area contributed by atoms with Crippen molar-refractivity contribution in [3.05, 3.63) is 39.8 Å². The number of H-pyrrole nitrogens is 1. The van der Waals surface area contributed by atoms with Crippen LogP contribution >= 0.6 is 0 Å². The summed E-state index contributed by atoms with van der Waals surface area (Å²) in [6.07, 6.45) is 7.46. The van der Waals surface area contributed by atoms with Gasteiger partial charge < -0.3 is 4.74 Å². The molecule has 3 atom stereocenters. The van der Waals surface area contributed by atoms with E-state index in [0.29, 0.717) is 17.5 Å². The zero-order valence-corrected chi connectivity index (χ0v) is 11.5. The molecule has 1 aromatic heterocycles. The number of ether oxygens (including phenoxy) is 1. The number of rotatable bonds is 3. The van der Waals surface area contributed by atoms with Gasteiger partial charge in [-0.15, -0.1) is 0 Å². The minimum absolute atomic E-state index is 0.0496. The number of hydrogen-bond acceptors (Lipinski definition) is 4. The van der Waals surface area contributed by atoms with Crippen LogP contribution in [0.15, 0.2) is 23.0 Å². The largest absolute Gasteiger partial charge is 0.459 e. The Morgan fingerprint density at radius 2 is 2.30 bits per heavy atom. The highest BCUT2D eigenvalue weighted by Crippen LogP contribution is 2.40. The molecule has 1 heterocycles. The number of aromatic amines is 1. The summed E-state index contributed by atoms with van der Waals surface area (Å²) in [7, 11) is 0. The molecule has 20 heavy (non-hydrogen) atoms. The standard InChI is InChI=1S/C15H18N2O3/c1-9-6-14(18)13(17-16-9)8-20-15(19)12-7-10-2-4-11(12)5-3-10/h2,4,6,10-12H,3,5,7-8H2,1H3,(H,16,18)/t10-,11+,12-/m1/s1. The van der Waals surface area contributed by atoms with E-state index in [2.05, 4.69) is 22.3 Å². The summed E-state index contributed by atoms with van der Waals surface area (Å²) in [5.41, 5.74) is 0.749. The molecule has 0 unspecified atom stereocenters. The van der Waals surface area contributed by atoms with Crippen molar-refractivity contribution in [2.75, 3.05) is 0 Å². The minimum Gasteiger partial charge on any atom is -0.459 e. The van der Waals surface area contributed by atoms with Gasteiger partial charge in [0.15, 0.2) is 0 Å². The minimum atomic E-state index is -0.203. The Balaban J connectivity index is 1.62. The summed E-state index contributed by atoms with van der Waals surface area (Å²) < 4.78 is 5.29. The lowest BCUT2D eigenvalue weighted by atomic mass is 9.69. The normalized spacial score (nSPS) is 27.6. The van der Waals surface area contributed by atoms with Gasteiger partial charge in [0.05, 0.1) is 5.92 Å². The zero-order chi connectivity index (χ0) is 14.1. The second kappa shape index (κ2) is 5.23. The Labute approximate surface area is 117 Å². The first-order chi connectivity index (χ1) is 9.63. The van der Waals surface area contributed by atoms with E-state index in [-0.39, 0.29) is 29.6 Å². The van der Waals surface area contributed by atoms with E-state index in [1.807, 2.05) is 0 Å². The van der Waals surface area contributed by atoms with Crippen molar-refractivity contribution >= 4 is 5.97 Å². The van der Waals surface area contributed by atoms with Crippen LogP contribution in [-0.4, -0.2) is 16.2 Å². The molecule has 1 aromatic rings. The first kappa shape index (κ1) is 13.1. The van der Waals surface area contributed by atoms with Gasteiger partial charge in [-0.2, -0.15) is 5.10 Å². The third-order valence-electron chi connectivity index (χ3n) is 4.23. The van der Waals surface area contributed by atoms with E-state index in [9.17, 15) is 9.59 Å².